The van der Waals surface area contributed by atoms with Crippen LogP contribution in [0.4, 0.5) is 0 Å². The van der Waals surface area contributed by atoms with Crippen LogP contribution in [0.3, 0.4) is 0 Å². The predicted octanol–water partition coefficient (Wildman–Crippen LogP) is 4.89. The Morgan fingerprint density at radius 1 is 1.29 bits per heavy atom. The lowest BCUT2D eigenvalue weighted by atomic mass is 9.74. The molecule has 0 N–H and O–H groups in total. The van der Waals surface area contributed by atoms with Crippen LogP contribution in [0.25, 0.3) is 0 Å². The van der Waals surface area contributed by atoms with Crippen molar-refractivity contribution >= 4 is 0 Å². The molecule has 1 aliphatic carbocycles. The summed E-state index contributed by atoms with van der Waals surface area (Å²) in [6.45, 7) is 12.1. The van der Waals surface area contributed by atoms with Crippen molar-refractivity contribution < 1.29 is 0 Å². The van der Waals surface area contributed by atoms with Crippen molar-refractivity contribution in [1.29, 1.82) is 0 Å². The van der Waals surface area contributed by atoms with E-state index in [0.29, 0.717) is 5.41 Å². The van der Waals surface area contributed by atoms with Gasteiger partial charge in [-0.2, -0.15) is 0 Å². The van der Waals surface area contributed by atoms with Crippen LogP contribution in [0.2, 0.25) is 0 Å². The molecule has 0 aromatic rings. The van der Waals surface area contributed by atoms with E-state index in [1.165, 1.54) is 32.1 Å². The zero-order valence-electron chi connectivity index (χ0n) is 10.8. The number of hydrogen-bond acceptors (Lipinski definition) is 0. The first-order valence-electron chi connectivity index (χ1n) is 6.48. The average Bonchev–Trinajstić information content (AvgIpc) is 2.39. The predicted molar refractivity (Wildman–Crippen MR) is 64.4 cm³/mol. The maximum Gasteiger partial charge on any atom is -0.0300 e. The Hall–Kier alpha value is 0. The third-order valence-corrected chi connectivity index (χ3v) is 4.98. The highest BCUT2D eigenvalue weighted by Gasteiger charge is 2.39. The molecule has 0 heterocycles. The van der Waals surface area contributed by atoms with Gasteiger partial charge in [0.15, 0.2) is 0 Å². The van der Waals surface area contributed by atoms with Crippen molar-refractivity contribution in [2.45, 2.75) is 66.7 Å². The smallest absolute Gasteiger partial charge is 0.0300 e. The highest BCUT2D eigenvalue weighted by atomic mass is 14.4. The van der Waals surface area contributed by atoms with Crippen LogP contribution < -0.4 is 0 Å². The molecule has 84 valence electrons. The third kappa shape index (κ3) is 2.52. The van der Waals surface area contributed by atoms with Crippen LogP contribution in [0.15, 0.2) is 0 Å². The van der Waals surface area contributed by atoms with Gasteiger partial charge in [0, 0.05) is 0 Å². The van der Waals surface area contributed by atoms with Gasteiger partial charge in [-0.3, -0.25) is 0 Å². The van der Waals surface area contributed by atoms with Crippen molar-refractivity contribution in [2.24, 2.45) is 23.2 Å². The maximum atomic E-state index is 2.48. The van der Waals surface area contributed by atoms with Crippen LogP contribution in [0, 0.1) is 23.2 Å². The summed E-state index contributed by atoms with van der Waals surface area (Å²) in [7, 11) is 0. The summed E-state index contributed by atoms with van der Waals surface area (Å²) in [5.41, 5.74) is 0.605. The first kappa shape index (κ1) is 12.1. The van der Waals surface area contributed by atoms with E-state index in [9.17, 15) is 0 Å². The SMILES string of the molecule is CCC(C)CCC1CCC(C)C1(C)C. The summed E-state index contributed by atoms with van der Waals surface area (Å²) >= 11 is 0. The zero-order chi connectivity index (χ0) is 10.8. The molecule has 0 aliphatic heterocycles. The average molecular weight is 196 g/mol. The van der Waals surface area contributed by atoms with Gasteiger partial charge >= 0.3 is 0 Å². The molecule has 0 radical (unpaired) electrons. The minimum absolute atomic E-state index is 0.605. The normalized spacial score (nSPS) is 33.2. The van der Waals surface area contributed by atoms with E-state index in [-0.39, 0.29) is 0 Å². The Balaban J connectivity index is 2.39. The molecular formula is C14H28. The molecule has 0 bridgehead atoms. The first-order chi connectivity index (χ1) is 6.48. The molecule has 3 unspecified atom stereocenters. The van der Waals surface area contributed by atoms with E-state index < -0.39 is 0 Å². The molecule has 1 rings (SSSR count). The van der Waals surface area contributed by atoms with E-state index in [4.69, 9.17) is 0 Å². The van der Waals surface area contributed by atoms with Gasteiger partial charge in [-0.25, -0.2) is 0 Å². The third-order valence-electron chi connectivity index (χ3n) is 4.98. The molecule has 1 fully saturated rings. The molecule has 0 spiro atoms. The Bertz CT molecular complexity index is 169. The van der Waals surface area contributed by atoms with Gasteiger partial charge in [-0.05, 0) is 42.4 Å². The highest BCUT2D eigenvalue weighted by Crippen LogP contribution is 2.49. The summed E-state index contributed by atoms with van der Waals surface area (Å²) in [6.07, 6.45) is 7.19. The Morgan fingerprint density at radius 3 is 2.36 bits per heavy atom. The molecule has 14 heavy (non-hydrogen) atoms. The van der Waals surface area contributed by atoms with Crippen molar-refractivity contribution in [3.05, 3.63) is 0 Å². The van der Waals surface area contributed by atoms with Crippen molar-refractivity contribution in [3.8, 4) is 0 Å². The fourth-order valence-electron chi connectivity index (χ4n) is 2.80. The standard InChI is InChI=1S/C14H28/c1-6-11(2)7-9-13-10-8-12(3)14(13,4)5/h11-13H,6-10H2,1-5H3. The van der Waals surface area contributed by atoms with Gasteiger partial charge in [-0.15, -0.1) is 0 Å². The summed E-state index contributed by atoms with van der Waals surface area (Å²) < 4.78 is 0. The lowest BCUT2D eigenvalue weighted by Gasteiger charge is -2.32. The molecule has 3 atom stereocenters. The van der Waals surface area contributed by atoms with Gasteiger partial charge in [0.05, 0.1) is 0 Å². The topological polar surface area (TPSA) is 0 Å². The Morgan fingerprint density at radius 2 is 1.93 bits per heavy atom. The maximum absolute atomic E-state index is 2.48. The lowest BCUT2D eigenvalue weighted by Crippen LogP contribution is -2.23. The zero-order valence-corrected chi connectivity index (χ0v) is 10.8. The molecule has 0 amide bonds. The van der Waals surface area contributed by atoms with E-state index in [0.717, 1.165) is 17.8 Å². The van der Waals surface area contributed by atoms with E-state index >= 15 is 0 Å². The second-order valence-corrected chi connectivity index (χ2v) is 6.09. The molecule has 0 aromatic carbocycles. The van der Waals surface area contributed by atoms with E-state index in [1.54, 1.807) is 0 Å². The largest absolute Gasteiger partial charge is 0.0651 e. The van der Waals surface area contributed by atoms with Crippen molar-refractivity contribution in [1.82, 2.24) is 0 Å². The fraction of sp³-hybridized carbons (Fsp3) is 1.00. The van der Waals surface area contributed by atoms with Gasteiger partial charge in [0.2, 0.25) is 0 Å². The van der Waals surface area contributed by atoms with Crippen LogP contribution >= 0.6 is 0 Å². The van der Waals surface area contributed by atoms with Gasteiger partial charge in [0.1, 0.15) is 0 Å². The number of rotatable bonds is 4. The quantitative estimate of drug-likeness (QED) is 0.601. The highest BCUT2D eigenvalue weighted by molar-refractivity contribution is 4.89. The lowest BCUT2D eigenvalue weighted by molar-refractivity contribution is 0.180. The molecule has 1 aliphatic rings. The summed E-state index contributed by atoms with van der Waals surface area (Å²) in [5.74, 6) is 2.86. The summed E-state index contributed by atoms with van der Waals surface area (Å²) in [6, 6.07) is 0. The molecule has 0 heteroatoms. The summed E-state index contributed by atoms with van der Waals surface area (Å²) in [4.78, 5) is 0. The fourth-order valence-corrected chi connectivity index (χ4v) is 2.80. The van der Waals surface area contributed by atoms with Crippen molar-refractivity contribution in [3.63, 3.8) is 0 Å². The van der Waals surface area contributed by atoms with Gasteiger partial charge in [-0.1, -0.05) is 47.5 Å². The van der Waals surface area contributed by atoms with Gasteiger partial charge < -0.3 is 0 Å². The number of hydrogen-bond donors (Lipinski definition) is 0. The van der Waals surface area contributed by atoms with Crippen LogP contribution in [-0.2, 0) is 0 Å². The molecule has 0 saturated heterocycles. The molecule has 0 aromatic heterocycles. The minimum atomic E-state index is 0.605. The van der Waals surface area contributed by atoms with Crippen LogP contribution in [-0.4, -0.2) is 0 Å². The van der Waals surface area contributed by atoms with Crippen molar-refractivity contribution in [2.75, 3.05) is 0 Å². The molecule has 0 nitrogen and oxygen atoms in total. The Labute approximate surface area is 90.5 Å². The second kappa shape index (κ2) is 4.68. The Kier molecular flexibility index (Phi) is 4.04. The van der Waals surface area contributed by atoms with Crippen LogP contribution in [0.5, 0.6) is 0 Å². The molecule has 1 saturated carbocycles. The van der Waals surface area contributed by atoms with E-state index in [1.807, 2.05) is 0 Å². The summed E-state index contributed by atoms with van der Waals surface area (Å²) in [5, 5.41) is 0. The first-order valence-corrected chi connectivity index (χ1v) is 6.48. The van der Waals surface area contributed by atoms with Crippen LogP contribution in [0.1, 0.15) is 66.7 Å². The second-order valence-electron chi connectivity index (χ2n) is 6.09. The van der Waals surface area contributed by atoms with Gasteiger partial charge in [0.25, 0.3) is 0 Å². The minimum Gasteiger partial charge on any atom is -0.0651 e. The van der Waals surface area contributed by atoms with E-state index in [2.05, 4.69) is 34.6 Å². The monoisotopic (exact) mass is 196 g/mol. The molecular weight excluding hydrogens is 168 g/mol.